The minimum Gasteiger partial charge on any atom is -0.444 e. The van der Waals surface area contributed by atoms with Crippen molar-refractivity contribution >= 4 is 24.3 Å². The fourth-order valence-corrected chi connectivity index (χ4v) is 1.09. The molecule has 1 amide bonds. The van der Waals surface area contributed by atoms with Crippen LogP contribution in [0.25, 0.3) is 0 Å². The van der Waals surface area contributed by atoms with E-state index in [9.17, 15) is 4.79 Å². The second kappa shape index (κ2) is 4.26. The van der Waals surface area contributed by atoms with Gasteiger partial charge >= 0.3 is 6.09 Å². The number of halogens is 1. The van der Waals surface area contributed by atoms with Crippen molar-refractivity contribution in [2.24, 2.45) is 5.73 Å². The molecular formula is C9H18ClN3O2. The van der Waals surface area contributed by atoms with Crippen molar-refractivity contribution < 1.29 is 9.53 Å². The molecule has 0 unspecified atom stereocenters. The van der Waals surface area contributed by atoms with Crippen molar-refractivity contribution in [3.05, 3.63) is 0 Å². The molecule has 0 saturated heterocycles. The van der Waals surface area contributed by atoms with E-state index in [2.05, 4.69) is 5.32 Å². The van der Waals surface area contributed by atoms with Crippen molar-refractivity contribution in [1.29, 1.82) is 5.41 Å². The van der Waals surface area contributed by atoms with Gasteiger partial charge in [-0.1, -0.05) is 0 Å². The van der Waals surface area contributed by atoms with Crippen LogP contribution in [0.15, 0.2) is 0 Å². The fraction of sp³-hybridized carbons (Fsp3) is 0.778. The van der Waals surface area contributed by atoms with Crippen molar-refractivity contribution in [3.8, 4) is 0 Å². The van der Waals surface area contributed by atoms with Gasteiger partial charge in [-0.3, -0.25) is 5.41 Å². The lowest BCUT2D eigenvalue weighted by Crippen LogP contribution is -2.48. The number of carbonyl (C=O) groups is 1. The lowest BCUT2D eigenvalue weighted by atomic mass is 10.2. The Balaban J connectivity index is 0.00000196. The summed E-state index contributed by atoms with van der Waals surface area (Å²) in [6, 6.07) is 0. The van der Waals surface area contributed by atoms with Gasteiger partial charge in [-0.25, -0.2) is 4.79 Å². The van der Waals surface area contributed by atoms with Gasteiger partial charge in [-0.05, 0) is 33.6 Å². The number of nitrogens with two attached hydrogens (primary N) is 1. The van der Waals surface area contributed by atoms with Gasteiger partial charge < -0.3 is 15.8 Å². The van der Waals surface area contributed by atoms with Crippen LogP contribution in [-0.4, -0.2) is 23.1 Å². The van der Waals surface area contributed by atoms with E-state index in [1.54, 1.807) is 20.8 Å². The Morgan fingerprint density at radius 1 is 1.47 bits per heavy atom. The first-order chi connectivity index (χ1) is 6.25. The van der Waals surface area contributed by atoms with Gasteiger partial charge in [-0.2, -0.15) is 0 Å². The number of rotatable bonds is 2. The number of hydrogen-bond acceptors (Lipinski definition) is 3. The van der Waals surface area contributed by atoms with Crippen LogP contribution in [-0.2, 0) is 4.74 Å². The summed E-state index contributed by atoms with van der Waals surface area (Å²) < 4.78 is 5.06. The van der Waals surface area contributed by atoms with Gasteiger partial charge in [0.05, 0.1) is 0 Å². The summed E-state index contributed by atoms with van der Waals surface area (Å²) in [5.74, 6) is 0.00311. The maximum Gasteiger partial charge on any atom is 0.408 e. The monoisotopic (exact) mass is 235 g/mol. The van der Waals surface area contributed by atoms with Crippen LogP contribution in [0.5, 0.6) is 0 Å². The molecule has 15 heavy (non-hydrogen) atoms. The molecule has 0 aromatic heterocycles. The molecular weight excluding hydrogens is 218 g/mol. The number of amidine groups is 1. The molecule has 0 spiro atoms. The van der Waals surface area contributed by atoms with Gasteiger partial charge in [0.2, 0.25) is 0 Å². The van der Waals surface area contributed by atoms with Crippen LogP contribution >= 0.6 is 12.4 Å². The van der Waals surface area contributed by atoms with Crippen LogP contribution in [0.4, 0.5) is 4.79 Å². The minimum atomic E-state index is -0.623. The van der Waals surface area contributed by atoms with E-state index < -0.39 is 17.2 Å². The van der Waals surface area contributed by atoms with E-state index in [1.807, 2.05) is 0 Å². The van der Waals surface area contributed by atoms with Crippen molar-refractivity contribution in [1.82, 2.24) is 5.32 Å². The molecule has 1 rings (SSSR count). The SMILES string of the molecule is CC(C)(C)OC(=O)NC1(C(=N)N)CC1.Cl. The average Bonchev–Trinajstić information content (AvgIpc) is 2.63. The topological polar surface area (TPSA) is 88.2 Å². The van der Waals surface area contributed by atoms with Crippen LogP contribution in [0.2, 0.25) is 0 Å². The van der Waals surface area contributed by atoms with Gasteiger partial charge in [0, 0.05) is 0 Å². The summed E-state index contributed by atoms with van der Waals surface area (Å²) in [5, 5.41) is 9.90. The Labute approximate surface area is 95.7 Å². The van der Waals surface area contributed by atoms with Crippen LogP contribution in [0, 0.1) is 5.41 Å². The Kier molecular flexibility index (Phi) is 3.99. The number of amides is 1. The van der Waals surface area contributed by atoms with Crippen LogP contribution < -0.4 is 11.1 Å². The number of carbonyl (C=O) groups excluding carboxylic acids is 1. The highest BCUT2D eigenvalue weighted by molar-refractivity contribution is 5.93. The molecule has 88 valence electrons. The van der Waals surface area contributed by atoms with Crippen molar-refractivity contribution in [3.63, 3.8) is 0 Å². The molecule has 4 N–H and O–H groups in total. The molecule has 1 aliphatic rings. The third-order valence-electron chi connectivity index (χ3n) is 2.01. The molecule has 5 nitrogen and oxygen atoms in total. The number of ether oxygens (including phenoxy) is 1. The highest BCUT2D eigenvalue weighted by Gasteiger charge is 2.48. The molecule has 0 bridgehead atoms. The molecule has 6 heteroatoms. The number of hydrogen-bond donors (Lipinski definition) is 3. The minimum absolute atomic E-state index is 0. The smallest absolute Gasteiger partial charge is 0.408 e. The summed E-state index contributed by atoms with van der Waals surface area (Å²) in [4.78, 5) is 11.3. The third kappa shape index (κ3) is 3.95. The first-order valence-electron chi connectivity index (χ1n) is 4.61. The zero-order valence-electron chi connectivity index (χ0n) is 9.22. The maximum absolute atomic E-state index is 11.3. The fourth-order valence-electron chi connectivity index (χ4n) is 1.09. The van der Waals surface area contributed by atoms with Crippen LogP contribution in [0.3, 0.4) is 0 Å². The molecule has 0 aromatic carbocycles. The second-order valence-corrected chi connectivity index (χ2v) is 4.62. The maximum atomic E-state index is 11.3. The normalized spacial score (nSPS) is 17.3. The van der Waals surface area contributed by atoms with E-state index in [1.165, 1.54) is 0 Å². The summed E-state index contributed by atoms with van der Waals surface area (Å²) in [6.45, 7) is 5.37. The zero-order chi connectivity index (χ0) is 11.0. The summed E-state index contributed by atoms with van der Waals surface area (Å²) in [6.07, 6.45) is 0.938. The van der Waals surface area contributed by atoms with E-state index >= 15 is 0 Å². The Hall–Kier alpha value is -0.970. The van der Waals surface area contributed by atoms with Crippen molar-refractivity contribution in [2.45, 2.75) is 44.8 Å². The van der Waals surface area contributed by atoms with Gasteiger partial charge in [0.15, 0.2) is 0 Å². The van der Waals surface area contributed by atoms with E-state index in [0.717, 1.165) is 12.8 Å². The van der Waals surface area contributed by atoms with Crippen LogP contribution in [0.1, 0.15) is 33.6 Å². The zero-order valence-corrected chi connectivity index (χ0v) is 10.0. The van der Waals surface area contributed by atoms with Crippen molar-refractivity contribution in [2.75, 3.05) is 0 Å². The number of alkyl carbamates (subject to hydrolysis) is 1. The van der Waals surface area contributed by atoms with Gasteiger partial charge in [0.25, 0.3) is 0 Å². The molecule has 0 aromatic rings. The first kappa shape index (κ1) is 14.0. The highest BCUT2D eigenvalue weighted by atomic mass is 35.5. The predicted octanol–water partition coefficient (Wildman–Crippen LogP) is 1.40. The third-order valence-corrected chi connectivity index (χ3v) is 2.01. The molecule has 0 aliphatic heterocycles. The number of nitrogens with one attached hydrogen (secondary N) is 2. The summed E-state index contributed by atoms with van der Waals surface area (Å²) in [7, 11) is 0. The van der Waals surface area contributed by atoms with E-state index in [0.29, 0.717) is 0 Å². The molecule has 1 aliphatic carbocycles. The summed E-state index contributed by atoms with van der Waals surface area (Å²) >= 11 is 0. The average molecular weight is 236 g/mol. The Morgan fingerprint density at radius 2 is 1.93 bits per heavy atom. The molecule has 0 heterocycles. The molecule has 0 atom stereocenters. The standard InChI is InChI=1S/C9H17N3O2.ClH/c1-8(2,3)14-7(13)12-9(4-5-9)6(10)11;/h4-5H2,1-3H3,(H3,10,11)(H,12,13);1H. The van der Waals surface area contributed by atoms with Gasteiger partial charge in [0.1, 0.15) is 17.0 Å². The second-order valence-electron chi connectivity index (χ2n) is 4.62. The molecule has 1 saturated carbocycles. The summed E-state index contributed by atoms with van der Waals surface area (Å²) in [5.41, 5.74) is 4.22. The molecule has 0 radical (unpaired) electrons. The largest absolute Gasteiger partial charge is 0.444 e. The van der Waals surface area contributed by atoms with Gasteiger partial charge in [-0.15, -0.1) is 12.4 Å². The molecule has 1 fully saturated rings. The predicted molar refractivity (Wildman–Crippen MR) is 60.5 cm³/mol. The Bertz CT molecular complexity index is 269. The first-order valence-corrected chi connectivity index (χ1v) is 4.61. The lowest BCUT2D eigenvalue weighted by Gasteiger charge is -2.22. The quantitative estimate of drug-likeness (QED) is 0.499. The van der Waals surface area contributed by atoms with E-state index in [-0.39, 0.29) is 18.2 Å². The van der Waals surface area contributed by atoms with E-state index in [4.69, 9.17) is 15.9 Å². The highest BCUT2D eigenvalue weighted by Crippen LogP contribution is 2.35. The Morgan fingerprint density at radius 3 is 2.20 bits per heavy atom. The lowest BCUT2D eigenvalue weighted by molar-refractivity contribution is 0.0512.